The van der Waals surface area contributed by atoms with Gasteiger partial charge in [-0.05, 0) is 37.5 Å². The molecule has 1 aromatic heterocycles. The van der Waals surface area contributed by atoms with E-state index in [0.29, 0.717) is 11.5 Å². The number of hydrogen-bond acceptors (Lipinski definition) is 6. The Kier molecular flexibility index (Phi) is 7.47. The summed E-state index contributed by atoms with van der Waals surface area (Å²) >= 11 is 1.59. The minimum atomic E-state index is -0.440. The molecule has 1 heterocycles. The number of rotatable bonds is 9. The molecule has 0 N–H and O–H groups in total. The van der Waals surface area contributed by atoms with Crippen LogP contribution in [-0.4, -0.2) is 24.7 Å². The van der Waals surface area contributed by atoms with Gasteiger partial charge < -0.3 is 14.2 Å². The topological polar surface area (TPSA) is 57.7 Å². The van der Waals surface area contributed by atoms with E-state index in [1.807, 2.05) is 36.6 Å². The van der Waals surface area contributed by atoms with Gasteiger partial charge in [-0.1, -0.05) is 25.1 Å². The molecule has 0 amide bonds. The van der Waals surface area contributed by atoms with Gasteiger partial charge in [0.1, 0.15) is 6.61 Å². The summed E-state index contributed by atoms with van der Waals surface area (Å²) in [5.41, 5.74) is 1.77. The van der Waals surface area contributed by atoms with E-state index in [-0.39, 0.29) is 13.2 Å². The Labute approximate surface area is 152 Å². The van der Waals surface area contributed by atoms with Gasteiger partial charge in [0.2, 0.25) is 0 Å². The van der Waals surface area contributed by atoms with E-state index in [4.69, 9.17) is 14.2 Å². The van der Waals surface area contributed by atoms with Crippen molar-refractivity contribution in [1.29, 1.82) is 0 Å². The molecule has 0 saturated heterocycles. The molecule has 0 aliphatic carbocycles. The zero-order valence-electron chi connectivity index (χ0n) is 14.8. The number of aromatic nitrogens is 1. The van der Waals surface area contributed by atoms with Crippen LogP contribution in [0, 0.1) is 0 Å². The molecular weight excluding hydrogens is 338 g/mol. The van der Waals surface area contributed by atoms with E-state index in [0.717, 1.165) is 29.1 Å². The molecule has 0 atom stereocenters. The molecule has 0 fully saturated rings. The van der Waals surface area contributed by atoms with Crippen LogP contribution in [0.3, 0.4) is 0 Å². The Balaban J connectivity index is 1.84. The third-order valence-corrected chi connectivity index (χ3v) is 4.29. The highest BCUT2D eigenvalue weighted by Gasteiger charge is 2.10. The largest absolute Gasteiger partial charge is 0.493 e. The number of esters is 1. The number of methoxy groups -OCH3 is 1. The first-order valence-electron chi connectivity index (χ1n) is 8.18. The Bertz CT molecular complexity index is 724. The number of carbonyl (C=O) groups is 1. The summed E-state index contributed by atoms with van der Waals surface area (Å²) in [6, 6.07) is 5.53. The zero-order valence-corrected chi connectivity index (χ0v) is 15.6. The molecule has 2 aromatic rings. The summed E-state index contributed by atoms with van der Waals surface area (Å²) in [7, 11) is 1.57. The standard InChI is InChI=1S/C19H23NO4S/c1-4-6-14-8-9-16(17(10-14)22-3)23-12-19(21)24-11-15-13-25-18(20-15)7-5-2/h4,6,8-10,13H,5,7,11-12H2,1-3H3/b6-4+. The van der Waals surface area contributed by atoms with E-state index in [1.54, 1.807) is 24.5 Å². The highest BCUT2D eigenvalue weighted by molar-refractivity contribution is 7.09. The summed E-state index contributed by atoms with van der Waals surface area (Å²) in [5.74, 6) is 0.642. The van der Waals surface area contributed by atoms with Crippen molar-refractivity contribution in [2.45, 2.75) is 33.3 Å². The minimum absolute atomic E-state index is 0.166. The summed E-state index contributed by atoms with van der Waals surface area (Å²) in [6.07, 6.45) is 5.90. The predicted molar refractivity (Wildman–Crippen MR) is 99.1 cm³/mol. The van der Waals surface area contributed by atoms with Gasteiger partial charge in [-0.3, -0.25) is 0 Å². The lowest BCUT2D eigenvalue weighted by Crippen LogP contribution is -2.15. The predicted octanol–water partition coefficient (Wildman–Crippen LogP) is 4.26. The van der Waals surface area contributed by atoms with Crippen LogP contribution in [0.25, 0.3) is 6.08 Å². The Hall–Kier alpha value is -2.34. The highest BCUT2D eigenvalue weighted by Crippen LogP contribution is 2.28. The average Bonchev–Trinajstić information content (AvgIpc) is 3.07. The SMILES string of the molecule is C/C=C/c1ccc(OCC(=O)OCc2csc(CCC)n2)c(OC)c1. The van der Waals surface area contributed by atoms with Gasteiger partial charge in [0, 0.05) is 5.38 Å². The Morgan fingerprint density at radius 2 is 2.16 bits per heavy atom. The van der Waals surface area contributed by atoms with E-state index < -0.39 is 5.97 Å². The van der Waals surface area contributed by atoms with E-state index in [9.17, 15) is 4.79 Å². The second kappa shape index (κ2) is 9.84. The molecule has 5 nitrogen and oxygen atoms in total. The fraction of sp³-hybridized carbons (Fsp3) is 0.368. The first kappa shape index (κ1) is 19.0. The molecule has 6 heteroatoms. The van der Waals surface area contributed by atoms with Crippen molar-refractivity contribution in [3.05, 3.63) is 45.9 Å². The van der Waals surface area contributed by atoms with Crippen molar-refractivity contribution in [2.24, 2.45) is 0 Å². The summed E-state index contributed by atoms with van der Waals surface area (Å²) in [4.78, 5) is 16.3. The van der Waals surface area contributed by atoms with Crippen LogP contribution in [0.4, 0.5) is 0 Å². The molecule has 0 radical (unpaired) electrons. The number of allylic oxidation sites excluding steroid dienone is 1. The zero-order chi connectivity index (χ0) is 18.1. The van der Waals surface area contributed by atoms with Crippen molar-refractivity contribution >= 4 is 23.4 Å². The molecule has 1 aromatic carbocycles. The number of thiazole rings is 1. The van der Waals surface area contributed by atoms with Crippen LogP contribution in [-0.2, 0) is 22.6 Å². The van der Waals surface area contributed by atoms with Gasteiger partial charge in [-0.2, -0.15) is 0 Å². The highest BCUT2D eigenvalue weighted by atomic mass is 32.1. The summed E-state index contributed by atoms with van der Waals surface area (Å²) in [5, 5.41) is 2.98. The smallest absolute Gasteiger partial charge is 0.344 e. The van der Waals surface area contributed by atoms with Crippen LogP contribution >= 0.6 is 11.3 Å². The van der Waals surface area contributed by atoms with Crippen molar-refractivity contribution < 1.29 is 19.0 Å². The van der Waals surface area contributed by atoms with Crippen LogP contribution in [0.5, 0.6) is 11.5 Å². The first-order chi connectivity index (χ1) is 12.2. The monoisotopic (exact) mass is 361 g/mol. The molecule has 0 spiro atoms. The first-order valence-corrected chi connectivity index (χ1v) is 9.06. The minimum Gasteiger partial charge on any atom is -0.493 e. The second-order valence-electron chi connectivity index (χ2n) is 5.34. The van der Waals surface area contributed by atoms with Gasteiger partial charge in [-0.15, -0.1) is 11.3 Å². The van der Waals surface area contributed by atoms with Crippen molar-refractivity contribution in [3.63, 3.8) is 0 Å². The van der Waals surface area contributed by atoms with Crippen LogP contribution in [0.1, 0.15) is 36.5 Å². The maximum Gasteiger partial charge on any atom is 0.344 e. The van der Waals surface area contributed by atoms with Gasteiger partial charge in [0.25, 0.3) is 0 Å². The van der Waals surface area contributed by atoms with Crippen molar-refractivity contribution in [1.82, 2.24) is 4.98 Å². The Morgan fingerprint density at radius 3 is 2.88 bits per heavy atom. The fourth-order valence-corrected chi connectivity index (χ4v) is 3.06. The molecule has 2 rings (SSSR count). The quantitative estimate of drug-likeness (QED) is 0.625. The van der Waals surface area contributed by atoms with Gasteiger partial charge in [-0.25, -0.2) is 9.78 Å². The molecule has 0 saturated carbocycles. The molecule has 0 unspecified atom stereocenters. The molecule has 0 bridgehead atoms. The van der Waals surface area contributed by atoms with Gasteiger partial charge in [0.05, 0.1) is 17.8 Å². The number of carbonyl (C=O) groups excluding carboxylic acids is 1. The summed E-state index contributed by atoms with van der Waals surface area (Å²) in [6.45, 7) is 4.04. The summed E-state index contributed by atoms with van der Waals surface area (Å²) < 4.78 is 16.0. The average molecular weight is 361 g/mol. The van der Waals surface area contributed by atoms with E-state index in [1.165, 1.54) is 0 Å². The maximum absolute atomic E-state index is 11.9. The van der Waals surface area contributed by atoms with Crippen molar-refractivity contribution in [3.8, 4) is 11.5 Å². The number of benzene rings is 1. The number of aryl methyl sites for hydroxylation is 1. The van der Waals surface area contributed by atoms with Crippen LogP contribution in [0.2, 0.25) is 0 Å². The number of ether oxygens (including phenoxy) is 3. The molecule has 0 aliphatic heterocycles. The normalized spacial score (nSPS) is 10.8. The lowest BCUT2D eigenvalue weighted by molar-refractivity contribution is -0.147. The van der Waals surface area contributed by atoms with E-state index in [2.05, 4.69) is 11.9 Å². The van der Waals surface area contributed by atoms with Gasteiger partial charge >= 0.3 is 5.97 Å². The van der Waals surface area contributed by atoms with E-state index >= 15 is 0 Å². The molecule has 0 aliphatic rings. The Morgan fingerprint density at radius 1 is 1.32 bits per heavy atom. The third kappa shape index (κ3) is 5.90. The maximum atomic E-state index is 11.9. The van der Waals surface area contributed by atoms with Crippen LogP contribution < -0.4 is 9.47 Å². The van der Waals surface area contributed by atoms with Crippen LogP contribution in [0.15, 0.2) is 29.7 Å². The van der Waals surface area contributed by atoms with Crippen molar-refractivity contribution in [2.75, 3.05) is 13.7 Å². The lowest BCUT2D eigenvalue weighted by Gasteiger charge is -2.11. The second-order valence-corrected chi connectivity index (χ2v) is 6.28. The molecular formula is C19H23NO4S. The lowest BCUT2D eigenvalue weighted by atomic mass is 10.2. The molecule has 134 valence electrons. The number of hydrogen-bond donors (Lipinski definition) is 0. The van der Waals surface area contributed by atoms with Gasteiger partial charge in [0.15, 0.2) is 18.1 Å². The molecule has 25 heavy (non-hydrogen) atoms. The fourth-order valence-electron chi connectivity index (χ4n) is 2.18. The third-order valence-electron chi connectivity index (χ3n) is 3.34. The number of nitrogens with zero attached hydrogens (tertiary/aromatic N) is 1.